The molecular formula is C10H8BrFN2O4. The summed E-state index contributed by atoms with van der Waals surface area (Å²) in [5, 5.41) is 20.0. The molecule has 1 aliphatic rings. The molecule has 0 spiro atoms. The van der Waals surface area contributed by atoms with Gasteiger partial charge in [0.1, 0.15) is 0 Å². The van der Waals surface area contributed by atoms with Gasteiger partial charge >= 0.3 is 5.69 Å². The Morgan fingerprint density at radius 3 is 2.72 bits per heavy atom. The molecule has 6 nitrogen and oxygen atoms in total. The van der Waals surface area contributed by atoms with Gasteiger partial charge in [0.25, 0.3) is 0 Å². The zero-order valence-corrected chi connectivity index (χ0v) is 10.6. The maximum atomic E-state index is 13.3. The molecule has 0 bridgehead atoms. The molecule has 1 unspecified atom stereocenters. The second-order valence-electron chi connectivity index (χ2n) is 3.87. The lowest BCUT2D eigenvalue weighted by atomic mass is 10.2. The second-order valence-corrected chi connectivity index (χ2v) is 4.73. The number of nitro benzene ring substituents is 1. The number of rotatable bonds is 2. The Morgan fingerprint density at radius 2 is 2.22 bits per heavy atom. The molecule has 96 valence electrons. The lowest BCUT2D eigenvalue weighted by Crippen LogP contribution is -2.25. The van der Waals surface area contributed by atoms with Crippen LogP contribution in [0.4, 0.5) is 15.8 Å². The van der Waals surface area contributed by atoms with Gasteiger partial charge in [0, 0.05) is 10.5 Å². The normalized spacial score (nSPS) is 19.4. The molecule has 8 heteroatoms. The van der Waals surface area contributed by atoms with Gasteiger partial charge in [-0.05, 0) is 22.0 Å². The maximum absolute atomic E-state index is 13.3. The number of nitro groups is 1. The first-order valence-electron chi connectivity index (χ1n) is 5.02. The van der Waals surface area contributed by atoms with Gasteiger partial charge in [0.05, 0.1) is 29.7 Å². The van der Waals surface area contributed by atoms with E-state index in [1.54, 1.807) is 0 Å². The summed E-state index contributed by atoms with van der Waals surface area (Å²) in [5.41, 5.74) is -0.521. The van der Waals surface area contributed by atoms with Crippen molar-refractivity contribution in [3.05, 3.63) is 32.5 Å². The summed E-state index contributed by atoms with van der Waals surface area (Å²) >= 11 is 3.05. The fraction of sp³-hybridized carbons (Fsp3) is 0.300. The van der Waals surface area contributed by atoms with Crippen LogP contribution in [-0.4, -0.2) is 28.6 Å². The first-order valence-corrected chi connectivity index (χ1v) is 5.81. The van der Waals surface area contributed by atoms with Crippen LogP contribution < -0.4 is 4.90 Å². The number of carbonyl (C=O) groups is 1. The fourth-order valence-electron chi connectivity index (χ4n) is 1.79. The van der Waals surface area contributed by atoms with Crippen molar-refractivity contribution in [2.24, 2.45) is 0 Å². The zero-order valence-electron chi connectivity index (χ0n) is 8.97. The molecule has 1 atom stereocenters. The number of halogens is 2. The van der Waals surface area contributed by atoms with E-state index < -0.39 is 22.5 Å². The van der Waals surface area contributed by atoms with Gasteiger partial charge in [-0.2, -0.15) is 4.39 Å². The molecule has 0 saturated carbocycles. The Hall–Kier alpha value is -1.54. The minimum atomic E-state index is -0.984. The average Bonchev–Trinajstić information content (AvgIpc) is 2.57. The van der Waals surface area contributed by atoms with Crippen LogP contribution in [0.15, 0.2) is 16.6 Å². The molecule has 0 aromatic heterocycles. The highest BCUT2D eigenvalue weighted by atomic mass is 79.9. The summed E-state index contributed by atoms with van der Waals surface area (Å²) < 4.78 is 13.5. The third-order valence-electron chi connectivity index (χ3n) is 2.61. The van der Waals surface area contributed by atoms with Gasteiger partial charge in [-0.3, -0.25) is 14.9 Å². The van der Waals surface area contributed by atoms with Crippen molar-refractivity contribution in [1.29, 1.82) is 0 Å². The zero-order chi connectivity index (χ0) is 13.4. The second kappa shape index (κ2) is 4.62. The molecule has 1 saturated heterocycles. The SMILES string of the molecule is O=C1CC(O)CN1c1cc([N+](=O)[O-])c(F)cc1Br. The first-order chi connectivity index (χ1) is 8.40. The molecule has 1 aromatic rings. The van der Waals surface area contributed by atoms with E-state index in [0.717, 1.165) is 12.1 Å². The molecule has 2 rings (SSSR count). The number of aliphatic hydroxyl groups is 1. The monoisotopic (exact) mass is 318 g/mol. The Morgan fingerprint density at radius 1 is 1.56 bits per heavy atom. The van der Waals surface area contributed by atoms with Gasteiger partial charge in [0.2, 0.25) is 11.7 Å². The van der Waals surface area contributed by atoms with E-state index in [9.17, 15) is 24.4 Å². The van der Waals surface area contributed by atoms with Crippen molar-refractivity contribution < 1.29 is 19.2 Å². The molecule has 18 heavy (non-hydrogen) atoms. The number of hydrogen-bond donors (Lipinski definition) is 1. The summed E-state index contributed by atoms with van der Waals surface area (Å²) in [4.78, 5) is 22.6. The largest absolute Gasteiger partial charge is 0.391 e. The molecule has 1 N–H and O–H groups in total. The van der Waals surface area contributed by atoms with E-state index in [0.29, 0.717) is 0 Å². The van der Waals surface area contributed by atoms with Crippen LogP contribution in [0, 0.1) is 15.9 Å². The van der Waals surface area contributed by atoms with Gasteiger partial charge in [-0.1, -0.05) is 0 Å². The lowest BCUT2D eigenvalue weighted by molar-refractivity contribution is -0.387. The Labute approximate surface area is 109 Å². The van der Waals surface area contributed by atoms with Crippen LogP contribution in [0.2, 0.25) is 0 Å². The van der Waals surface area contributed by atoms with Crippen LogP contribution >= 0.6 is 15.9 Å². The van der Waals surface area contributed by atoms with Crippen molar-refractivity contribution in [3.8, 4) is 0 Å². The van der Waals surface area contributed by atoms with Crippen molar-refractivity contribution in [3.63, 3.8) is 0 Å². The number of hydrogen-bond acceptors (Lipinski definition) is 4. The van der Waals surface area contributed by atoms with Crippen LogP contribution in [0.25, 0.3) is 0 Å². The van der Waals surface area contributed by atoms with E-state index in [1.807, 2.05) is 0 Å². The minimum absolute atomic E-state index is 0.0419. The summed E-state index contributed by atoms with van der Waals surface area (Å²) in [6.07, 6.45) is -0.856. The highest BCUT2D eigenvalue weighted by molar-refractivity contribution is 9.10. The van der Waals surface area contributed by atoms with E-state index in [4.69, 9.17) is 0 Å². The van der Waals surface area contributed by atoms with Crippen molar-refractivity contribution >= 4 is 33.2 Å². The number of β-amino-alcohol motifs (C(OH)–C–C–N with tert-alkyl or cyclic N) is 1. The van der Waals surface area contributed by atoms with Crippen molar-refractivity contribution in [2.45, 2.75) is 12.5 Å². The third kappa shape index (κ3) is 2.21. The number of aliphatic hydroxyl groups excluding tert-OH is 1. The van der Waals surface area contributed by atoms with E-state index >= 15 is 0 Å². The fourth-order valence-corrected chi connectivity index (χ4v) is 2.32. The number of benzene rings is 1. The molecule has 1 amide bonds. The minimum Gasteiger partial charge on any atom is -0.391 e. The quantitative estimate of drug-likeness (QED) is 0.663. The molecular weight excluding hydrogens is 311 g/mol. The van der Waals surface area contributed by atoms with Gasteiger partial charge in [-0.25, -0.2) is 0 Å². The Kier molecular flexibility index (Phi) is 3.31. The summed E-state index contributed by atoms with van der Waals surface area (Å²) in [5.74, 6) is -1.34. The lowest BCUT2D eigenvalue weighted by Gasteiger charge is -2.17. The van der Waals surface area contributed by atoms with Crippen LogP contribution in [0.3, 0.4) is 0 Å². The predicted octanol–water partition coefficient (Wildman–Crippen LogP) is 1.59. The van der Waals surface area contributed by atoms with Gasteiger partial charge in [-0.15, -0.1) is 0 Å². The first kappa shape index (κ1) is 12.9. The summed E-state index contributed by atoms with van der Waals surface area (Å²) in [7, 11) is 0. The van der Waals surface area contributed by atoms with E-state index in [2.05, 4.69) is 15.9 Å². The topological polar surface area (TPSA) is 83.7 Å². The van der Waals surface area contributed by atoms with Gasteiger partial charge < -0.3 is 10.0 Å². The summed E-state index contributed by atoms with van der Waals surface area (Å²) in [6.45, 7) is 0.0419. The Balaban J connectivity index is 2.48. The van der Waals surface area contributed by atoms with Crippen molar-refractivity contribution in [1.82, 2.24) is 0 Å². The Bertz CT molecular complexity index is 537. The molecule has 1 aliphatic heterocycles. The average molecular weight is 319 g/mol. The van der Waals surface area contributed by atoms with Crippen LogP contribution in [0.5, 0.6) is 0 Å². The third-order valence-corrected chi connectivity index (χ3v) is 3.24. The molecule has 1 fully saturated rings. The molecule has 0 aliphatic carbocycles. The number of anilines is 1. The van der Waals surface area contributed by atoms with E-state index in [-0.39, 0.29) is 29.0 Å². The number of amides is 1. The number of carbonyl (C=O) groups excluding carboxylic acids is 1. The maximum Gasteiger partial charge on any atom is 0.306 e. The van der Waals surface area contributed by atoms with Gasteiger partial charge in [0.15, 0.2) is 0 Å². The summed E-state index contributed by atoms with van der Waals surface area (Å²) in [6, 6.07) is 1.92. The molecule has 1 heterocycles. The smallest absolute Gasteiger partial charge is 0.306 e. The number of nitrogens with zero attached hydrogens (tertiary/aromatic N) is 2. The van der Waals surface area contributed by atoms with Crippen molar-refractivity contribution in [2.75, 3.05) is 11.4 Å². The van der Waals surface area contributed by atoms with E-state index in [1.165, 1.54) is 4.90 Å². The molecule has 0 radical (unpaired) electrons. The standard InChI is InChI=1S/C10H8BrFN2O4/c11-6-2-7(12)9(14(17)18)3-8(6)13-4-5(15)1-10(13)16/h2-3,5,15H,1,4H2. The highest BCUT2D eigenvalue weighted by Gasteiger charge is 2.32. The predicted molar refractivity (Wildman–Crippen MR) is 63.7 cm³/mol. The van der Waals surface area contributed by atoms with Crippen LogP contribution in [0.1, 0.15) is 6.42 Å². The van der Waals surface area contributed by atoms with Crippen LogP contribution in [-0.2, 0) is 4.79 Å². The molecule has 1 aromatic carbocycles. The highest BCUT2D eigenvalue weighted by Crippen LogP contribution is 2.34.